The van der Waals surface area contributed by atoms with Gasteiger partial charge in [-0.3, -0.25) is 0 Å². The molecule has 0 aromatic carbocycles. The highest BCUT2D eigenvalue weighted by Crippen LogP contribution is 2.35. The van der Waals surface area contributed by atoms with E-state index < -0.39 is 12.0 Å². The van der Waals surface area contributed by atoms with Gasteiger partial charge in [-0.25, -0.2) is 9.59 Å². The van der Waals surface area contributed by atoms with E-state index in [2.05, 4.69) is 24.5 Å². The van der Waals surface area contributed by atoms with Gasteiger partial charge in [0.15, 0.2) is 0 Å². The lowest BCUT2D eigenvalue weighted by molar-refractivity contribution is -0.139. The Bertz CT molecular complexity index is 354. The van der Waals surface area contributed by atoms with Crippen LogP contribution in [0.5, 0.6) is 0 Å². The van der Waals surface area contributed by atoms with Gasteiger partial charge in [-0.2, -0.15) is 0 Å². The highest BCUT2D eigenvalue weighted by Gasteiger charge is 2.37. The molecule has 0 spiro atoms. The number of urea groups is 1. The summed E-state index contributed by atoms with van der Waals surface area (Å²) < 4.78 is 0. The summed E-state index contributed by atoms with van der Waals surface area (Å²) in [5, 5.41) is 14.6. The van der Waals surface area contributed by atoms with Gasteiger partial charge < -0.3 is 15.7 Å². The summed E-state index contributed by atoms with van der Waals surface area (Å²) in [6.45, 7) is 4.49. The fourth-order valence-electron chi connectivity index (χ4n) is 2.72. The SMILES string of the molecule is CC1(C)CCC(NC(=O)NC(C(=O)O)C2CC2)CC1. The molecule has 2 fully saturated rings. The molecule has 0 aromatic rings. The second-order valence-corrected chi connectivity index (χ2v) is 6.71. The minimum atomic E-state index is -0.928. The molecule has 2 aliphatic carbocycles. The molecule has 19 heavy (non-hydrogen) atoms. The number of aliphatic carboxylic acids is 1. The first-order valence-electron chi connectivity index (χ1n) is 7.17. The molecule has 2 saturated carbocycles. The van der Waals surface area contributed by atoms with Crippen LogP contribution in [0.4, 0.5) is 4.79 Å². The quantitative estimate of drug-likeness (QED) is 0.730. The van der Waals surface area contributed by atoms with E-state index in [0.29, 0.717) is 5.41 Å². The number of hydrogen-bond donors (Lipinski definition) is 3. The van der Waals surface area contributed by atoms with Crippen molar-refractivity contribution < 1.29 is 14.7 Å². The van der Waals surface area contributed by atoms with Gasteiger partial charge in [0.2, 0.25) is 0 Å². The molecule has 108 valence electrons. The van der Waals surface area contributed by atoms with Gasteiger partial charge in [-0.05, 0) is 49.9 Å². The van der Waals surface area contributed by atoms with Gasteiger partial charge in [0.1, 0.15) is 6.04 Å². The van der Waals surface area contributed by atoms with Crippen molar-refractivity contribution in [1.29, 1.82) is 0 Å². The van der Waals surface area contributed by atoms with Crippen LogP contribution in [0, 0.1) is 11.3 Å². The maximum absolute atomic E-state index is 11.8. The molecule has 0 aromatic heterocycles. The van der Waals surface area contributed by atoms with E-state index in [1.54, 1.807) is 0 Å². The van der Waals surface area contributed by atoms with Crippen molar-refractivity contribution >= 4 is 12.0 Å². The molecular weight excluding hydrogens is 244 g/mol. The molecule has 2 rings (SSSR count). The molecular formula is C14H24N2O3. The Hall–Kier alpha value is -1.26. The third kappa shape index (κ3) is 4.11. The van der Waals surface area contributed by atoms with E-state index in [4.69, 9.17) is 5.11 Å². The van der Waals surface area contributed by atoms with E-state index in [1.165, 1.54) is 0 Å². The number of rotatable bonds is 4. The zero-order chi connectivity index (χ0) is 14.0. The van der Waals surface area contributed by atoms with Crippen LogP contribution in [0.25, 0.3) is 0 Å². The summed E-state index contributed by atoms with van der Waals surface area (Å²) in [6.07, 6.45) is 5.94. The average molecular weight is 268 g/mol. The fourth-order valence-corrected chi connectivity index (χ4v) is 2.72. The molecule has 2 amide bonds. The van der Waals surface area contributed by atoms with Gasteiger partial charge in [-0.1, -0.05) is 13.8 Å². The van der Waals surface area contributed by atoms with Crippen molar-refractivity contribution in [2.45, 2.75) is 64.5 Å². The summed E-state index contributed by atoms with van der Waals surface area (Å²) in [5.41, 5.74) is 0.367. The molecule has 1 atom stereocenters. The average Bonchev–Trinajstić information content (AvgIpc) is 3.12. The predicted octanol–water partition coefficient (Wildman–Crippen LogP) is 2.12. The van der Waals surface area contributed by atoms with Gasteiger partial charge >= 0.3 is 12.0 Å². The highest BCUT2D eigenvalue weighted by molar-refractivity contribution is 5.83. The zero-order valence-corrected chi connectivity index (χ0v) is 11.7. The van der Waals surface area contributed by atoms with Gasteiger partial charge in [0, 0.05) is 6.04 Å². The number of carbonyl (C=O) groups excluding carboxylic acids is 1. The lowest BCUT2D eigenvalue weighted by Crippen LogP contribution is -2.50. The molecule has 1 unspecified atom stereocenters. The normalized spacial score (nSPS) is 24.5. The molecule has 0 bridgehead atoms. The maximum atomic E-state index is 11.8. The summed E-state index contributed by atoms with van der Waals surface area (Å²) in [5.74, 6) is -0.809. The van der Waals surface area contributed by atoms with Crippen molar-refractivity contribution in [2.75, 3.05) is 0 Å². The molecule has 0 saturated heterocycles. The van der Waals surface area contributed by atoms with Crippen LogP contribution in [0.1, 0.15) is 52.4 Å². The van der Waals surface area contributed by atoms with Crippen LogP contribution in [-0.2, 0) is 4.79 Å². The molecule has 3 N–H and O–H groups in total. The largest absolute Gasteiger partial charge is 0.480 e. The van der Waals surface area contributed by atoms with E-state index >= 15 is 0 Å². The van der Waals surface area contributed by atoms with E-state index in [0.717, 1.165) is 38.5 Å². The smallest absolute Gasteiger partial charge is 0.326 e. The van der Waals surface area contributed by atoms with E-state index in [-0.39, 0.29) is 18.0 Å². The van der Waals surface area contributed by atoms with Gasteiger partial charge in [0.05, 0.1) is 0 Å². The lowest BCUT2D eigenvalue weighted by atomic mass is 9.76. The van der Waals surface area contributed by atoms with Gasteiger partial charge in [-0.15, -0.1) is 0 Å². The first kappa shape index (κ1) is 14.2. The molecule has 2 aliphatic rings. The van der Waals surface area contributed by atoms with Crippen LogP contribution >= 0.6 is 0 Å². The Labute approximate surface area is 114 Å². The van der Waals surface area contributed by atoms with Crippen molar-refractivity contribution in [1.82, 2.24) is 10.6 Å². The van der Waals surface area contributed by atoms with Crippen molar-refractivity contribution in [3.63, 3.8) is 0 Å². The van der Waals surface area contributed by atoms with Crippen molar-refractivity contribution in [2.24, 2.45) is 11.3 Å². The molecule has 5 nitrogen and oxygen atoms in total. The Morgan fingerprint density at radius 2 is 1.74 bits per heavy atom. The Morgan fingerprint density at radius 1 is 1.16 bits per heavy atom. The lowest BCUT2D eigenvalue weighted by Gasteiger charge is -2.34. The van der Waals surface area contributed by atoms with E-state index in [9.17, 15) is 9.59 Å². The third-order valence-corrected chi connectivity index (χ3v) is 4.32. The minimum Gasteiger partial charge on any atom is -0.480 e. The minimum absolute atomic E-state index is 0.119. The fraction of sp³-hybridized carbons (Fsp3) is 0.857. The monoisotopic (exact) mass is 268 g/mol. The molecule has 0 aliphatic heterocycles. The van der Waals surface area contributed by atoms with Crippen LogP contribution in [0.3, 0.4) is 0 Å². The van der Waals surface area contributed by atoms with Crippen LogP contribution in [-0.4, -0.2) is 29.2 Å². The summed E-state index contributed by atoms with van der Waals surface area (Å²) in [6, 6.07) is -0.870. The van der Waals surface area contributed by atoms with Crippen molar-refractivity contribution in [3.8, 4) is 0 Å². The topological polar surface area (TPSA) is 78.4 Å². The number of nitrogens with one attached hydrogen (secondary N) is 2. The number of carboxylic acid groups (broad SMARTS) is 1. The number of amides is 2. The Kier molecular flexibility index (Phi) is 4.02. The Balaban J connectivity index is 1.76. The van der Waals surface area contributed by atoms with Gasteiger partial charge in [0.25, 0.3) is 0 Å². The molecule has 5 heteroatoms. The summed E-state index contributed by atoms with van der Waals surface area (Å²) in [7, 11) is 0. The highest BCUT2D eigenvalue weighted by atomic mass is 16.4. The van der Waals surface area contributed by atoms with Crippen LogP contribution in [0.15, 0.2) is 0 Å². The summed E-state index contributed by atoms with van der Waals surface area (Å²) >= 11 is 0. The summed E-state index contributed by atoms with van der Waals surface area (Å²) in [4.78, 5) is 22.9. The Morgan fingerprint density at radius 3 is 2.21 bits per heavy atom. The number of carboxylic acids is 1. The predicted molar refractivity (Wildman–Crippen MR) is 71.9 cm³/mol. The maximum Gasteiger partial charge on any atom is 0.326 e. The van der Waals surface area contributed by atoms with Crippen LogP contribution < -0.4 is 10.6 Å². The second-order valence-electron chi connectivity index (χ2n) is 6.71. The standard InChI is InChI=1S/C14H24N2O3/c1-14(2)7-5-10(6-8-14)15-13(19)16-11(12(17)18)9-3-4-9/h9-11H,3-8H2,1-2H3,(H,17,18)(H2,15,16,19). The first-order chi connectivity index (χ1) is 8.87. The number of hydrogen-bond acceptors (Lipinski definition) is 2. The molecule has 0 heterocycles. The number of carbonyl (C=O) groups is 2. The van der Waals surface area contributed by atoms with Crippen molar-refractivity contribution in [3.05, 3.63) is 0 Å². The van der Waals surface area contributed by atoms with E-state index in [1.807, 2.05) is 0 Å². The zero-order valence-electron chi connectivity index (χ0n) is 11.7. The first-order valence-corrected chi connectivity index (χ1v) is 7.17. The third-order valence-electron chi connectivity index (χ3n) is 4.32. The second kappa shape index (κ2) is 5.39. The van der Waals surface area contributed by atoms with Crippen LogP contribution in [0.2, 0.25) is 0 Å². The molecule has 0 radical (unpaired) electrons.